The fourth-order valence-corrected chi connectivity index (χ4v) is 2.22. The molecule has 1 aromatic heterocycles. The highest BCUT2D eigenvalue weighted by Crippen LogP contribution is 2.19. The van der Waals surface area contributed by atoms with Crippen LogP contribution in [0.25, 0.3) is 11.3 Å². The number of ether oxygens (including phenoxy) is 1. The van der Waals surface area contributed by atoms with Crippen LogP contribution in [0.3, 0.4) is 0 Å². The number of carbonyl (C=O) groups is 2. The molecule has 132 valence electrons. The third kappa shape index (κ3) is 4.32. The van der Waals surface area contributed by atoms with Gasteiger partial charge in [0.2, 0.25) is 0 Å². The molecular weight excluding hydrogens is 339 g/mol. The van der Waals surface area contributed by atoms with Crippen LogP contribution in [-0.2, 0) is 16.1 Å². The molecule has 0 atom stereocenters. The fraction of sp³-hybridized carbons (Fsp3) is 0.105. The molecular formula is C19H15FN2O4. The molecule has 1 N–H and O–H groups in total. The number of rotatable bonds is 6. The second-order valence-corrected chi connectivity index (χ2v) is 5.37. The van der Waals surface area contributed by atoms with Crippen LogP contribution in [0.15, 0.2) is 65.2 Å². The molecule has 1 amide bonds. The highest BCUT2D eigenvalue weighted by molar-refractivity contribution is 5.96. The molecule has 0 unspecified atom stereocenters. The van der Waals surface area contributed by atoms with Crippen LogP contribution in [0.4, 0.5) is 4.39 Å². The maximum atomic E-state index is 13.5. The maximum Gasteiger partial charge on any atom is 0.325 e. The summed E-state index contributed by atoms with van der Waals surface area (Å²) in [7, 11) is 0. The monoisotopic (exact) mass is 354 g/mol. The minimum Gasteiger partial charge on any atom is -0.458 e. The molecule has 3 rings (SSSR count). The van der Waals surface area contributed by atoms with E-state index >= 15 is 0 Å². The maximum absolute atomic E-state index is 13.5. The van der Waals surface area contributed by atoms with E-state index in [0.29, 0.717) is 11.5 Å². The van der Waals surface area contributed by atoms with Crippen LogP contribution in [0.5, 0.6) is 0 Å². The summed E-state index contributed by atoms with van der Waals surface area (Å²) in [6.07, 6.45) is 0. The molecule has 0 aliphatic carbocycles. The van der Waals surface area contributed by atoms with Crippen LogP contribution in [0.1, 0.15) is 16.1 Å². The number of nitrogens with one attached hydrogen (secondary N) is 1. The van der Waals surface area contributed by atoms with Gasteiger partial charge in [0.05, 0.1) is 5.56 Å². The van der Waals surface area contributed by atoms with Crippen molar-refractivity contribution in [2.75, 3.05) is 6.54 Å². The van der Waals surface area contributed by atoms with Gasteiger partial charge in [0.1, 0.15) is 24.7 Å². The van der Waals surface area contributed by atoms with E-state index in [1.54, 1.807) is 6.07 Å². The van der Waals surface area contributed by atoms with Crippen LogP contribution < -0.4 is 5.32 Å². The summed E-state index contributed by atoms with van der Waals surface area (Å²) in [5.41, 5.74) is 1.16. The van der Waals surface area contributed by atoms with E-state index in [0.717, 1.165) is 5.56 Å². The predicted octanol–water partition coefficient (Wildman–Crippen LogP) is 2.95. The number of nitrogens with zero attached hydrogens (tertiary/aromatic N) is 1. The van der Waals surface area contributed by atoms with Gasteiger partial charge in [0, 0.05) is 11.6 Å². The molecule has 26 heavy (non-hydrogen) atoms. The van der Waals surface area contributed by atoms with E-state index in [9.17, 15) is 14.0 Å². The van der Waals surface area contributed by atoms with Crippen molar-refractivity contribution in [3.05, 3.63) is 77.7 Å². The summed E-state index contributed by atoms with van der Waals surface area (Å²) < 4.78 is 23.7. The standard InChI is InChI=1S/C19H15FN2O4/c20-16-9-5-4-8-15(16)19(24)21-11-18(23)25-12-14-10-17(26-22-14)13-6-2-1-3-7-13/h1-10H,11-12H2,(H,21,24). The van der Waals surface area contributed by atoms with Crippen LogP contribution in [-0.4, -0.2) is 23.6 Å². The Morgan fingerprint density at radius 3 is 2.58 bits per heavy atom. The van der Waals surface area contributed by atoms with E-state index in [1.165, 1.54) is 24.3 Å². The minimum absolute atomic E-state index is 0.0925. The third-order valence-electron chi connectivity index (χ3n) is 3.51. The quantitative estimate of drug-likeness (QED) is 0.688. The van der Waals surface area contributed by atoms with Gasteiger partial charge in [-0.1, -0.05) is 47.6 Å². The van der Waals surface area contributed by atoms with Gasteiger partial charge in [-0.05, 0) is 12.1 Å². The van der Waals surface area contributed by atoms with Gasteiger partial charge in [-0.3, -0.25) is 9.59 Å². The Balaban J connectivity index is 1.48. The molecule has 0 fully saturated rings. The van der Waals surface area contributed by atoms with E-state index in [-0.39, 0.29) is 18.7 Å². The highest BCUT2D eigenvalue weighted by Gasteiger charge is 2.13. The largest absolute Gasteiger partial charge is 0.458 e. The number of esters is 1. The number of halogens is 1. The van der Waals surface area contributed by atoms with Crippen molar-refractivity contribution in [1.29, 1.82) is 0 Å². The zero-order valence-corrected chi connectivity index (χ0v) is 13.6. The van der Waals surface area contributed by atoms with Crippen molar-refractivity contribution in [1.82, 2.24) is 10.5 Å². The number of aromatic nitrogens is 1. The Hall–Kier alpha value is -3.48. The molecule has 1 heterocycles. The summed E-state index contributed by atoms with van der Waals surface area (Å²) in [5.74, 6) is -1.45. The molecule has 0 aliphatic rings. The summed E-state index contributed by atoms with van der Waals surface area (Å²) in [5, 5.41) is 6.14. The molecule has 3 aromatic rings. The fourth-order valence-electron chi connectivity index (χ4n) is 2.22. The molecule has 0 bridgehead atoms. The molecule has 0 saturated carbocycles. The van der Waals surface area contributed by atoms with Gasteiger partial charge in [0.15, 0.2) is 5.76 Å². The lowest BCUT2D eigenvalue weighted by Crippen LogP contribution is -2.31. The Kier molecular flexibility index (Phi) is 5.38. The number of hydrogen-bond donors (Lipinski definition) is 1. The van der Waals surface area contributed by atoms with Crippen molar-refractivity contribution >= 4 is 11.9 Å². The highest BCUT2D eigenvalue weighted by atomic mass is 19.1. The average molecular weight is 354 g/mol. The average Bonchev–Trinajstić information content (AvgIpc) is 3.14. The van der Waals surface area contributed by atoms with Crippen molar-refractivity contribution in [2.24, 2.45) is 0 Å². The second kappa shape index (κ2) is 8.06. The molecule has 0 radical (unpaired) electrons. The van der Waals surface area contributed by atoms with E-state index < -0.39 is 17.7 Å². The Morgan fingerprint density at radius 1 is 1.08 bits per heavy atom. The van der Waals surface area contributed by atoms with Gasteiger partial charge in [0.25, 0.3) is 5.91 Å². The van der Waals surface area contributed by atoms with Gasteiger partial charge in [-0.15, -0.1) is 0 Å². The Bertz CT molecular complexity index is 909. The first-order chi connectivity index (χ1) is 12.6. The van der Waals surface area contributed by atoms with Crippen molar-refractivity contribution in [2.45, 2.75) is 6.61 Å². The Labute approximate surface area is 148 Å². The summed E-state index contributed by atoms with van der Waals surface area (Å²) in [6.45, 7) is -0.471. The van der Waals surface area contributed by atoms with Crippen molar-refractivity contribution in [3.63, 3.8) is 0 Å². The number of benzene rings is 2. The summed E-state index contributed by atoms with van der Waals surface area (Å²) in [6, 6.07) is 16.5. The van der Waals surface area contributed by atoms with E-state index in [2.05, 4.69) is 10.5 Å². The van der Waals surface area contributed by atoms with Gasteiger partial charge >= 0.3 is 5.97 Å². The zero-order chi connectivity index (χ0) is 18.4. The molecule has 6 nitrogen and oxygen atoms in total. The lowest BCUT2D eigenvalue weighted by molar-refractivity contribution is -0.143. The van der Waals surface area contributed by atoms with E-state index in [4.69, 9.17) is 9.26 Å². The molecule has 0 aliphatic heterocycles. The summed E-state index contributed by atoms with van der Waals surface area (Å²) in [4.78, 5) is 23.5. The smallest absolute Gasteiger partial charge is 0.325 e. The normalized spacial score (nSPS) is 10.3. The molecule has 2 aromatic carbocycles. The first-order valence-corrected chi connectivity index (χ1v) is 7.83. The van der Waals surface area contributed by atoms with Crippen LogP contribution in [0, 0.1) is 5.82 Å². The Morgan fingerprint density at radius 2 is 1.81 bits per heavy atom. The molecule has 7 heteroatoms. The van der Waals surface area contributed by atoms with Crippen LogP contribution >= 0.6 is 0 Å². The van der Waals surface area contributed by atoms with Gasteiger partial charge in [-0.2, -0.15) is 0 Å². The molecule has 0 spiro atoms. The summed E-state index contributed by atoms with van der Waals surface area (Å²) >= 11 is 0. The van der Waals surface area contributed by atoms with Gasteiger partial charge < -0.3 is 14.6 Å². The zero-order valence-electron chi connectivity index (χ0n) is 13.6. The van der Waals surface area contributed by atoms with Crippen molar-refractivity contribution < 1.29 is 23.2 Å². The predicted molar refractivity (Wildman–Crippen MR) is 90.5 cm³/mol. The van der Waals surface area contributed by atoms with Crippen LogP contribution in [0.2, 0.25) is 0 Å². The SMILES string of the molecule is O=C(CNC(=O)c1ccccc1F)OCc1cc(-c2ccccc2)on1. The topological polar surface area (TPSA) is 81.4 Å². The lowest BCUT2D eigenvalue weighted by atomic mass is 10.2. The van der Waals surface area contributed by atoms with Gasteiger partial charge in [-0.25, -0.2) is 4.39 Å². The lowest BCUT2D eigenvalue weighted by Gasteiger charge is -2.06. The number of hydrogen-bond acceptors (Lipinski definition) is 5. The first kappa shape index (κ1) is 17.3. The number of amides is 1. The number of carbonyl (C=O) groups excluding carboxylic acids is 2. The van der Waals surface area contributed by atoms with E-state index in [1.807, 2.05) is 30.3 Å². The second-order valence-electron chi connectivity index (χ2n) is 5.37. The molecule has 0 saturated heterocycles. The minimum atomic E-state index is -0.687. The first-order valence-electron chi connectivity index (χ1n) is 7.83. The van der Waals surface area contributed by atoms with Crippen molar-refractivity contribution in [3.8, 4) is 11.3 Å². The third-order valence-corrected chi connectivity index (χ3v) is 3.51.